The second-order valence-electron chi connectivity index (χ2n) is 7.72. The Morgan fingerprint density at radius 3 is 2.66 bits per heavy atom. The minimum Gasteiger partial charge on any atom is -0.403 e. The summed E-state index contributed by atoms with van der Waals surface area (Å²) in [6, 6.07) is 7.94. The smallest absolute Gasteiger partial charge is 0.347 e. The fraction of sp³-hybridized carbons (Fsp3) is 0.435. The number of aromatic nitrogens is 2. The summed E-state index contributed by atoms with van der Waals surface area (Å²) in [5.41, 5.74) is 3.39. The Morgan fingerprint density at radius 1 is 1.14 bits per heavy atom. The molecule has 1 aromatic carbocycles. The molecule has 3 aromatic rings. The number of likely N-dealkylation sites (N-methyl/N-ethyl adjacent to an activating group) is 1. The number of benzene rings is 1. The van der Waals surface area contributed by atoms with Gasteiger partial charge in [0.2, 0.25) is 5.89 Å². The van der Waals surface area contributed by atoms with Gasteiger partial charge in [0, 0.05) is 32.4 Å². The Bertz CT molecular complexity index is 1070. The molecule has 6 nitrogen and oxygen atoms in total. The Kier molecular flexibility index (Phi) is 5.62. The van der Waals surface area contributed by atoms with Gasteiger partial charge in [0.15, 0.2) is 0 Å². The summed E-state index contributed by atoms with van der Waals surface area (Å²) in [6.45, 7) is 7.97. The Morgan fingerprint density at radius 2 is 1.93 bits per heavy atom. The Labute approximate surface area is 171 Å². The van der Waals surface area contributed by atoms with E-state index in [1.165, 1.54) is 5.56 Å². The first-order chi connectivity index (χ1) is 14.1. The van der Waals surface area contributed by atoms with Crippen LogP contribution in [-0.4, -0.2) is 48.1 Å². The fourth-order valence-corrected chi connectivity index (χ4v) is 3.96. The monoisotopic (exact) mass is 392 g/mol. The van der Waals surface area contributed by atoms with Crippen LogP contribution in [0.15, 0.2) is 39.7 Å². The van der Waals surface area contributed by atoms with E-state index >= 15 is 0 Å². The third-order valence-corrected chi connectivity index (χ3v) is 5.62. The summed E-state index contributed by atoms with van der Waals surface area (Å²) in [6.07, 6.45) is 4.50. The van der Waals surface area contributed by atoms with Crippen LogP contribution in [0.3, 0.4) is 0 Å². The van der Waals surface area contributed by atoms with Gasteiger partial charge in [-0.05, 0) is 49.2 Å². The van der Waals surface area contributed by atoms with Crippen molar-refractivity contribution in [2.24, 2.45) is 0 Å². The van der Waals surface area contributed by atoms with Gasteiger partial charge < -0.3 is 14.2 Å². The molecule has 0 aliphatic carbocycles. The summed E-state index contributed by atoms with van der Waals surface area (Å²) in [5.74, 6) is 1.18. The van der Waals surface area contributed by atoms with Gasteiger partial charge in [0.25, 0.3) is 0 Å². The number of rotatable bonds is 5. The second kappa shape index (κ2) is 8.33. The normalized spacial score (nSPS) is 15.2. The van der Waals surface area contributed by atoms with Crippen molar-refractivity contribution in [3.63, 3.8) is 0 Å². The van der Waals surface area contributed by atoms with E-state index in [0.717, 1.165) is 62.4 Å². The van der Waals surface area contributed by atoms with E-state index in [2.05, 4.69) is 41.7 Å². The van der Waals surface area contributed by atoms with Gasteiger partial charge >= 0.3 is 5.63 Å². The molecular formula is C23H28N4O2. The van der Waals surface area contributed by atoms with E-state index in [4.69, 9.17) is 9.40 Å². The lowest BCUT2D eigenvalue weighted by atomic mass is 10.0. The third kappa shape index (κ3) is 3.90. The fourth-order valence-electron chi connectivity index (χ4n) is 3.96. The van der Waals surface area contributed by atoms with Crippen molar-refractivity contribution in [2.75, 3.05) is 38.1 Å². The molecule has 0 unspecified atom stereocenters. The molecule has 0 spiro atoms. The quantitative estimate of drug-likeness (QED) is 0.662. The van der Waals surface area contributed by atoms with Gasteiger partial charge in [-0.25, -0.2) is 14.8 Å². The van der Waals surface area contributed by atoms with Gasteiger partial charge in [-0.3, -0.25) is 0 Å². The van der Waals surface area contributed by atoms with Crippen LogP contribution in [0.2, 0.25) is 0 Å². The van der Waals surface area contributed by atoms with Gasteiger partial charge in [-0.2, -0.15) is 0 Å². The lowest BCUT2D eigenvalue weighted by Gasteiger charge is -2.33. The molecule has 0 bridgehead atoms. The zero-order chi connectivity index (χ0) is 20.4. The van der Waals surface area contributed by atoms with Gasteiger partial charge in [0.1, 0.15) is 5.82 Å². The molecule has 152 valence electrons. The molecular weight excluding hydrogens is 364 g/mol. The first-order valence-corrected chi connectivity index (χ1v) is 10.5. The molecule has 6 heteroatoms. The van der Waals surface area contributed by atoms with Crippen LogP contribution in [0, 0.1) is 0 Å². The highest BCUT2D eigenvalue weighted by Gasteiger charge is 2.21. The van der Waals surface area contributed by atoms with E-state index in [-0.39, 0.29) is 5.63 Å². The molecule has 1 aliphatic heterocycles. The lowest BCUT2D eigenvalue weighted by Crippen LogP contribution is -2.45. The highest BCUT2D eigenvalue weighted by atomic mass is 16.4. The van der Waals surface area contributed by atoms with Crippen molar-refractivity contribution >= 4 is 16.7 Å². The van der Waals surface area contributed by atoms with E-state index < -0.39 is 0 Å². The predicted octanol–water partition coefficient (Wildman–Crippen LogP) is 3.52. The van der Waals surface area contributed by atoms with Crippen molar-refractivity contribution in [3.05, 3.63) is 52.0 Å². The van der Waals surface area contributed by atoms with Crippen LogP contribution in [-0.2, 0) is 12.8 Å². The molecule has 0 amide bonds. The molecule has 29 heavy (non-hydrogen) atoms. The highest BCUT2D eigenvalue weighted by Crippen LogP contribution is 2.29. The molecule has 0 radical (unpaired) electrons. The zero-order valence-corrected chi connectivity index (χ0v) is 17.4. The first kappa shape index (κ1) is 19.6. The molecule has 1 fully saturated rings. The third-order valence-electron chi connectivity index (χ3n) is 5.62. The predicted molar refractivity (Wildman–Crippen MR) is 117 cm³/mol. The van der Waals surface area contributed by atoms with Gasteiger partial charge in [-0.15, -0.1) is 0 Å². The standard InChI is InChI=1S/C23H28N4O2/c1-4-7-17-14-16(5-2)15-19-20(17)23(28)29-22(25-19)18-8-6-9-24-21(18)27-12-10-26(3)11-13-27/h6,8-9,14-15H,4-5,7,10-13H2,1-3H3. The summed E-state index contributed by atoms with van der Waals surface area (Å²) in [5, 5.41) is 0.609. The maximum atomic E-state index is 13.0. The molecule has 4 rings (SSSR count). The number of nitrogens with zero attached hydrogens (tertiary/aromatic N) is 4. The second-order valence-corrected chi connectivity index (χ2v) is 7.72. The molecule has 0 N–H and O–H groups in total. The van der Waals surface area contributed by atoms with Crippen molar-refractivity contribution in [2.45, 2.75) is 33.1 Å². The van der Waals surface area contributed by atoms with Crippen LogP contribution < -0.4 is 10.5 Å². The van der Waals surface area contributed by atoms with Crippen LogP contribution in [0.5, 0.6) is 0 Å². The van der Waals surface area contributed by atoms with Gasteiger partial charge in [0.05, 0.1) is 16.5 Å². The summed E-state index contributed by atoms with van der Waals surface area (Å²) >= 11 is 0. The number of pyridine rings is 1. The molecule has 1 aliphatic rings. The topological polar surface area (TPSA) is 62.5 Å². The maximum absolute atomic E-state index is 13.0. The van der Waals surface area contributed by atoms with E-state index in [1.807, 2.05) is 18.2 Å². The van der Waals surface area contributed by atoms with Crippen molar-refractivity contribution in [3.8, 4) is 11.5 Å². The lowest BCUT2D eigenvalue weighted by molar-refractivity contribution is 0.312. The van der Waals surface area contributed by atoms with E-state index in [1.54, 1.807) is 6.20 Å². The summed E-state index contributed by atoms with van der Waals surface area (Å²) in [4.78, 5) is 26.9. The van der Waals surface area contributed by atoms with Crippen LogP contribution in [0.1, 0.15) is 31.4 Å². The molecule has 1 saturated heterocycles. The van der Waals surface area contributed by atoms with Crippen molar-refractivity contribution in [1.29, 1.82) is 0 Å². The van der Waals surface area contributed by atoms with Crippen molar-refractivity contribution in [1.82, 2.24) is 14.9 Å². The first-order valence-electron chi connectivity index (χ1n) is 10.5. The number of hydrogen-bond donors (Lipinski definition) is 0. The number of piperazine rings is 1. The molecule has 0 saturated carbocycles. The average molecular weight is 393 g/mol. The Hall–Kier alpha value is -2.73. The number of aryl methyl sites for hydroxylation is 2. The highest BCUT2D eigenvalue weighted by molar-refractivity contribution is 5.84. The molecule has 0 atom stereocenters. The number of anilines is 1. The minimum absolute atomic E-state index is 0.315. The summed E-state index contributed by atoms with van der Waals surface area (Å²) in [7, 11) is 2.12. The molecule has 3 heterocycles. The number of hydrogen-bond acceptors (Lipinski definition) is 6. The van der Waals surface area contributed by atoms with E-state index in [0.29, 0.717) is 16.8 Å². The van der Waals surface area contributed by atoms with Crippen LogP contribution >= 0.6 is 0 Å². The number of fused-ring (bicyclic) bond motifs is 1. The van der Waals surface area contributed by atoms with Crippen molar-refractivity contribution < 1.29 is 4.42 Å². The maximum Gasteiger partial charge on any atom is 0.347 e. The molecule has 2 aromatic heterocycles. The minimum atomic E-state index is -0.315. The summed E-state index contributed by atoms with van der Waals surface area (Å²) < 4.78 is 5.75. The SMILES string of the molecule is CCCc1cc(CC)cc2nc(-c3cccnc3N3CCN(C)CC3)oc(=O)c12. The largest absolute Gasteiger partial charge is 0.403 e. The van der Waals surface area contributed by atoms with Crippen LogP contribution in [0.25, 0.3) is 22.4 Å². The van der Waals surface area contributed by atoms with Crippen LogP contribution in [0.4, 0.5) is 5.82 Å². The Balaban J connectivity index is 1.84. The van der Waals surface area contributed by atoms with Gasteiger partial charge in [-0.1, -0.05) is 26.3 Å². The zero-order valence-electron chi connectivity index (χ0n) is 17.4. The van der Waals surface area contributed by atoms with E-state index in [9.17, 15) is 4.79 Å². The average Bonchev–Trinajstić information content (AvgIpc) is 2.74.